The lowest BCUT2D eigenvalue weighted by Gasteiger charge is -2.16. The Bertz CT molecular complexity index is 722. The van der Waals surface area contributed by atoms with E-state index in [4.69, 9.17) is 0 Å². The zero-order chi connectivity index (χ0) is 14.7. The van der Waals surface area contributed by atoms with Crippen LogP contribution in [-0.2, 0) is 0 Å². The van der Waals surface area contributed by atoms with Gasteiger partial charge in [0.15, 0.2) is 0 Å². The summed E-state index contributed by atoms with van der Waals surface area (Å²) in [7, 11) is 0. The Kier molecular flexibility index (Phi) is 3.69. The van der Waals surface area contributed by atoms with Crippen molar-refractivity contribution in [3.8, 4) is 5.69 Å². The Balaban J connectivity index is 1.80. The van der Waals surface area contributed by atoms with Crippen molar-refractivity contribution in [2.24, 2.45) is 0 Å². The summed E-state index contributed by atoms with van der Waals surface area (Å²) in [5.74, 6) is -0.317. The number of anilines is 1. The number of hydrogen-bond donors (Lipinski definition) is 1. The molecule has 1 unspecified atom stereocenters. The highest BCUT2D eigenvalue weighted by Crippen LogP contribution is 2.21. The zero-order valence-corrected chi connectivity index (χ0v) is 11.7. The summed E-state index contributed by atoms with van der Waals surface area (Å²) in [6, 6.07) is 13.5. The second-order valence-electron chi connectivity index (χ2n) is 4.94. The quantitative estimate of drug-likeness (QED) is 0.777. The van der Waals surface area contributed by atoms with Gasteiger partial charge >= 0.3 is 0 Å². The van der Waals surface area contributed by atoms with Gasteiger partial charge in [0.25, 0.3) is 0 Å². The average molecular weight is 281 g/mol. The van der Waals surface area contributed by atoms with Crippen molar-refractivity contribution in [3.63, 3.8) is 0 Å². The molecule has 2 aromatic heterocycles. The summed E-state index contributed by atoms with van der Waals surface area (Å²) in [4.78, 5) is 3.89. The molecule has 0 spiro atoms. The van der Waals surface area contributed by atoms with Gasteiger partial charge in [-0.2, -0.15) is 0 Å². The van der Waals surface area contributed by atoms with Crippen molar-refractivity contribution in [2.75, 3.05) is 5.32 Å². The third kappa shape index (κ3) is 3.11. The first-order chi connectivity index (χ1) is 10.2. The summed E-state index contributed by atoms with van der Waals surface area (Å²) in [5, 5.41) is 3.37. The van der Waals surface area contributed by atoms with E-state index < -0.39 is 0 Å². The van der Waals surface area contributed by atoms with Gasteiger partial charge in [0.05, 0.1) is 12.2 Å². The fourth-order valence-electron chi connectivity index (χ4n) is 2.26. The molecule has 3 nitrogen and oxygen atoms in total. The normalized spacial score (nSPS) is 12.1. The molecule has 106 valence electrons. The van der Waals surface area contributed by atoms with Gasteiger partial charge in [-0.15, -0.1) is 0 Å². The van der Waals surface area contributed by atoms with Crippen LogP contribution in [0.3, 0.4) is 0 Å². The van der Waals surface area contributed by atoms with Crippen LogP contribution in [0.2, 0.25) is 0 Å². The summed E-state index contributed by atoms with van der Waals surface area (Å²) >= 11 is 0. The maximum atomic E-state index is 13.2. The van der Waals surface area contributed by atoms with E-state index in [1.165, 1.54) is 12.3 Å². The molecular weight excluding hydrogens is 265 g/mol. The fraction of sp³-hybridized carbons (Fsp3) is 0.118. The van der Waals surface area contributed by atoms with Gasteiger partial charge in [0.1, 0.15) is 5.82 Å². The number of rotatable bonds is 4. The van der Waals surface area contributed by atoms with E-state index in [0.717, 1.165) is 16.9 Å². The number of halogens is 1. The van der Waals surface area contributed by atoms with E-state index in [1.54, 1.807) is 6.20 Å². The molecule has 3 aromatic rings. The van der Waals surface area contributed by atoms with Crippen molar-refractivity contribution in [3.05, 3.63) is 78.6 Å². The smallest absolute Gasteiger partial charge is 0.141 e. The van der Waals surface area contributed by atoms with Crippen molar-refractivity contribution >= 4 is 5.69 Å². The first-order valence-electron chi connectivity index (χ1n) is 6.83. The van der Waals surface area contributed by atoms with E-state index in [2.05, 4.69) is 16.4 Å². The van der Waals surface area contributed by atoms with Crippen LogP contribution in [0.1, 0.15) is 18.5 Å². The van der Waals surface area contributed by atoms with Crippen LogP contribution in [0.4, 0.5) is 10.1 Å². The Labute approximate surface area is 123 Å². The highest BCUT2D eigenvalue weighted by Gasteiger charge is 2.07. The number of hydrogen-bond acceptors (Lipinski definition) is 2. The van der Waals surface area contributed by atoms with E-state index in [9.17, 15) is 4.39 Å². The van der Waals surface area contributed by atoms with Gasteiger partial charge in [-0.25, -0.2) is 4.39 Å². The molecule has 1 atom stereocenters. The molecular formula is C17H16FN3. The van der Waals surface area contributed by atoms with Crippen molar-refractivity contribution < 1.29 is 4.39 Å². The predicted octanol–water partition coefficient (Wildman–Crippen LogP) is 4.18. The lowest BCUT2D eigenvalue weighted by Crippen LogP contribution is -2.07. The molecule has 0 saturated heterocycles. The number of pyridine rings is 1. The summed E-state index contributed by atoms with van der Waals surface area (Å²) < 4.78 is 15.3. The molecule has 1 N–H and O–H groups in total. The molecule has 1 aromatic carbocycles. The average Bonchev–Trinajstić information content (AvgIpc) is 3.02. The minimum atomic E-state index is -0.317. The number of aromatic nitrogens is 2. The first kappa shape index (κ1) is 13.4. The van der Waals surface area contributed by atoms with Crippen LogP contribution >= 0.6 is 0 Å². The summed E-state index contributed by atoms with van der Waals surface area (Å²) in [6.45, 7) is 1.98. The van der Waals surface area contributed by atoms with Gasteiger partial charge in [-0.1, -0.05) is 6.07 Å². The Morgan fingerprint density at radius 2 is 1.90 bits per heavy atom. The van der Waals surface area contributed by atoms with E-state index in [-0.39, 0.29) is 11.9 Å². The van der Waals surface area contributed by atoms with Crippen molar-refractivity contribution in [1.29, 1.82) is 0 Å². The third-order valence-electron chi connectivity index (χ3n) is 3.36. The molecule has 4 heteroatoms. The predicted molar refractivity (Wildman–Crippen MR) is 82.0 cm³/mol. The lowest BCUT2D eigenvalue weighted by atomic mass is 10.1. The van der Waals surface area contributed by atoms with Crippen LogP contribution in [0.5, 0.6) is 0 Å². The summed E-state index contributed by atoms with van der Waals surface area (Å²) in [6.07, 6.45) is 6.89. The molecule has 0 aliphatic carbocycles. The van der Waals surface area contributed by atoms with Gasteiger partial charge in [0, 0.05) is 30.0 Å². The molecule has 2 heterocycles. The van der Waals surface area contributed by atoms with Crippen LogP contribution in [0.15, 0.2) is 67.3 Å². The van der Waals surface area contributed by atoms with E-state index >= 15 is 0 Å². The molecule has 0 radical (unpaired) electrons. The second-order valence-corrected chi connectivity index (χ2v) is 4.94. The monoisotopic (exact) mass is 281 g/mol. The van der Waals surface area contributed by atoms with Crippen LogP contribution in [0.25, 0.3) is 5.69 Å². The van der Waals surface area contributed by atoms with E-state index in [0.29, 0.717) is 0 Å². The summed E-state index contributed by atoms with van der Waals surface area (Å²) in [5.41, 5.74) is 2.88. The largest absolute Gasteiger partial charge is 0.378 e. The molecule has 0 fully saturated rings. The molecule has 0 bridgehead atoms. The Hall–Kier alpha value is -2.62. The van der Waals surface area contributed by atoms with Gasteiger partial charge in [0.2, 0.25) is 0 Å². The van der Waals surface area contributed by atoms with Gasteiger partial charge < -0.3 is 9.88 Å². The fourth-order valence-corrected chi connectivity index (χ4v) is 2.26. The minimum absolute atomic E-state index is 0.0203. The third-order valence-corrected chi connectivity index (χ3v) is 3.36. The molecule has 0 aliphatic heterocycles. The second kappa shape index (κ2) is 5.79. The van der Waals surface area contributed by atoms with E-state index in [1.807, 2.05) is 54.2 Å². The van der Waals surface area contributed by atoms with Crippen molar-refractivity contribution in [2.45, 2.75) is 13.0 Å². The SMILES string of the molecule is CC(Nc1cccc(-n2cccc2)c1)c1cncc(F)c1. The molecule has 0 aliphatic rings. The minimum Gasteiger partial charge on any atom is -0.378 e. The van der Waals surface area contributed by atoms with Crippen LogP contribution in [-0.4, -0.2) is 9.55 Å². The number of nitrogens with one attached hydrogen (secondary N) is 1. The standard InChI is InChI=1S/C17H16FN3/c1-13(14-9-15(18)12-19-11-14)20-16-5-4-6-17(10-16)21-7-2-3-8-21/h2-13,20H,1H3. The van der Waals surface area contributed by atoms with Crippen molar-refractivity contribution in [1.82, 2.24) is 9.55 Å². The highest BCUT2D eigenvalue weighted by molar-refractivity contribution is 5.52. The van der Waals surface area contributed by atoms with Crippen LogP contribution in [0, 0.1) is 5.82 Å². The molecule has 0 saturated carbocycles. The molecule has 0 amide bonds. The highest BCUT2D eigenvalue weighted by atomic mass is 19.1. The lowest BCUT2D eigenvalue weighted by molar-refractivity contribution is 0.616. The Morgan fingerprint density at radius 3 is 2.67 bits per heavy atom. The maximum Gasteiger partial charge on any atom is 0.141 e. The van der Waals surface area contributed by atoms with Gasteiger partial charge in [-0.3, -0.25) is 4.98 Å². The Morgan fingerprint density at radius 1 is 1.10 bits per heavy atom. The number of benzene rings is 1. The maximum absolute atomic E-state index is 13.2. The molecule has 21 heavy (non-hydrogen) atoms. The number of nitrogens with zero attached hydrogens (tertiary/aromatic N) is 2. The first-order valence-corrected chi connectivity index (χ1v) is 6.83. The van der Waals surface area contributed by atoms with Crippen LogP contribution < -0.4 is 5.32 Å². The zero-order valence-electron chi connectivity index (χ0n) is 11.7. The topological polar surface area (TPSA) is 29.9 Å². The molecule has 3 rings (SSSR count). The van der Waals surface area contributed by atoms with Gasteiger partial charge in [-0.05, 0) is 48.9 Å².